The van der Waals surface area contributed by atoms with E-state index >= 15 is 0 Å². The van der Waals surface area contributed by atoms with Crippen molar-refractivity contribution in [2.24, 2.45) is 5.92 Å². The standard InChI is InChI=1S/C16H22ClNO/c17-14-6-4-13(5-7-14)16(12-2-1-3-12)18-10-8-15(19)9-11-18/h4-7,12,15-16,19H,1-3,8-11H2. The molecule has 0 amide bonds. The normalized spacial score (nSPS) is 24.1. The maximum absolute atomic E-state index is 9.68. The summed E-state index contributed by atoms with van der Waals surface area (Å²) in [6, 6.07) is 8.88. The zero-order valence-corrected chi connectivity index (χ0v) is 12.0. The van der Waals surface area contributed by atoms with Gasteiger partial charge in [0.05, 0.1) is 6.10 Å². The molecule has 1 aliphatic carbocycles. The Kier molecular flexibility index (Phi) is 4.11. The first kappa shape index (κ1) is 13.4. The zero-order chi connectivity index (χ0) is 13.2. The van der Waals surface area contributed by atoms with Gasteiger partial charge in [0.1, 0.15) is 0 Å². The summed E-state index contributed by atoms with van der Waals surface area (Å²) in [7, 11) is 0. The molecule has 1 aromatic rings. The number of piperidine rings is 1. The minimum Gasteiger partial charge on any atom is -0.393 e. The van der Waals surface area contributed by atoms with E-state index in [2.05, 4.69) is 17.0 Å². The van der Waals surface area contributed by atoms with Gasteiger partial charge >= 0.3 is 0 Å². The van der Waals surface area contributed by atoms with Gasteiger partial charge in [0.2, 0.25) is 0 Å². The summed E-state index contributed by atoms with van der Waals surface area (Å²) in [6.45, 7) is 2.04. The summed E-state index contributed by atoms with van der Waals surface area (Å²) in [6.07, 6.45) is 5.78. The topological polar surface area (TPSA) is 23.5 Å². The van der Waals surface area contributed by atoms with Crippen molar-refractivity contribution in [2.45, 2.75) is 44.2 Å². The molecule has 3 heteroatoms. The minimum atomic E-state index is -0.0940. The van der Waals surface area contributed by atoms with E-state index in [1.54, 1.807) is 0 Å². The van der Waals surface area contributed by atoms with Gasteiger partial charge < -0.3 is 5.11 Å². The molecular formula is C16H22ClNO. The monoisotopic (exact) mass is 279 g/mol. The largest absolute Gasteiger partial charge is 0.393 e. The molecule has 1 aliphatic heterocycles. The second-order valence-corrected chi connectivity index (χ2v) is 6.39. The molecule has 2 aliphatic rings. The van der Waals surface area contributed by atoms with Crippen LogP contribution in [0.5, 0.6) is 0 Å². The summed E-state index contributed by atoms with van der Waals surface area (Å²) < 4.78 is 0. The van der Waals surface area contributed by atoms with Gasteiger partial charge in [0, 0.05) is 24.2 Å². The van der Waals surface area contributed by atoms with Crippen molar-refractivity contribution < 1.29 is 5.11 Å². The maximum Gasteiger partial charge on any atom is 0.0564 e. The molecular weight excluding hydrogens is 258 g/mol. The number of aliphatic hydroxyl groups excluding tert-OH is 1. The summed E-state index contributed by atoms with van der Waals surface area (Å²) in [5.74, 6) is 0.788. The highest BCUT2D eigenvalue weighted by molar-refractivity contribution is 6.30. The lowest BCUT2D eigenvalue weighted by atomic mass is 9.76. The lowest BCUT2D eigenvalue weighted by molar-refractivity contribution is 0.0270. The van der Waals surface area contributed by atoms with E-state index in [0.717, 1.165) is 36.9 Å². The third-order valence-electron chi connectivity index (χ3n) is 4.70. The Morgan fingerprint density at radius 2 is 1.68 bits per heavy atom. The number of hydrogen-bond donors (Lipinski definition) is 1. The Bertz CT molecular complexity index is 407. The molecule has 1 unspecified atom stereocenters. The van der Waals surface area contributed by atoms with Crippen LogP contribution in [0.4, 0.5) is 0 Å². The van der Waals surface area contributed by atoms with Gasteiger partial charge in [-0.3, -0.25) is 4.90 Å². The van der Waals surface area contributed by atoms with E-state index in [4.69, 9.17) is 11.6 Å². The van der Waals surface area contributed by atoms with Crippen molar-refractivity contribution >= 4 is 11.6 Å². The predicted molar refractivity (Wildman–Crippen MR) is 78.3 cm³/mol. The highest BCUT2D eigenvalue weighted by Crippen LogP contribution is 2.42. The first-order valence-electron chi connectivity index (χ1n) is 7.41. The molecule has 3 rings (SSSR count). The Balaban J connectivity index is 1.79. The summed E-state index contributed by atoms with van der Waals surface area (Å²) in [4.78, 5) is 2.57. The number of rotatable bonds is 3. The van der Waals surface area contributed by atoms with Gasteiger partial charge in [0.15, 0.2) is 0 Å². The molecule has 0 radical (unpaired) electrons. The van der Waals surface area contributed by atoms with Gasteiger partial charge in [-0.1, -0.05) is 30.2 Å². The van der Waals surface area contributed by atoms with E-state index in [1.165, 1.54) is 24.8 Å². The number of halogens is 1. The zero-order valence-electron chi connectivity index (χ0n) is 11.3. The molecule has 0 spiro atoms. The fourth-order valence-corrected chi connectivity index (χ4v) is 3.49. The van der Waals surface area contributed by atoms with Crippen LogP contribution in [0.3, 0.4) is 0 Å². The number of benzene rings is 1. The van der Waals surface area contributed by atoms with Crippen molar-refractivity contribution in [3.8, 4) is 0 Å². The molecule has 2 fully saturated rings. The third kappa shape index (κ3) is 2.96. The molecule has 0 aromatic heterocycles. The van der Waals surface area contributed by atoms with Crippen LogP contribution in [0.15, 0.2) is 24.3 Å². The van der Waals surface area contributed by atoms with E-state index in [-0.39, 0.29) is 6.10 Å². The van der Waals surface area contributed by atoms with Crippen molar-refractivity contribution in [1.82, 2.24) is 4.90 Å². The highest BCUT2D eigenvalue weighted by atomic mass is 35.5. The van der Waals surface area contributed by atoms with E-state index in [9.17, 15) is 5.11 Å². The second kappa shape index (κ2) is 5.82. The van der Waals surface area contributed by atoms with Crippen LogP contribution in [0, 0.1) is 5.92 Å². The van der Waals surface area contributed by atoms with Crippen molar-refractivity contribution in [3.63, 3.8) is 0 Å². The van der Waals surface area contributed by atoms with E-state index in [0.29, 0.717) is 6.04 Å². The molecule has 1 saturated heterocycles. The van der Waals surface area contributed by atoms with Gasteiger partial charge in [0.25, 0.3) is 0 Å². The van der Waals surface area contributed by atoms with Crippen LogP contribution in [0.1, 0.15) is 43.7 Å². The molecule has 104 valence electrons. The molecule has 19 heavy (non-hydrogen) atoms. The summed E-state index contributed by atoms with van der Waals surface area (Å²) >= 11 is 6.00. The first-order chi connectivity index (χ1) is 9.24. The number of nitrogens with zero attached hydrogens (tertiary/aromatic N) is 1. The predicted octanol–water partition coefficient (Wildman–Crippen LogP) is 3.64. The minimum absolute atomic E-state index is 0.0940. The van der Waals surface area contributed by atoms with Crippen molar-refractivity contribution in [3.05, 3.63) is 34.9 Å². The molecule has 0 bridgehead atoms. The lowest BCUT2D eigenvalue weighted by Crippen LogP contribution is -2.42. The molecule has 1 atom stereocenters. The molecule has 1 heterocycles. The number of likely N-dealkylation sites (tertiary alicyclic amines) is 1. The van der Waals surface area contributed by atoms with Gasteiger partial charge in [-0.25, -0.2) is 0 Å². The van der Waals surface area contributed by atoms with Gasteiger partial charge in [-0.05, 0) is 49.3 Å². The first-order valence-corrected chi connectivity index (χ1v) is 7.79. The van der Waals surface area contributed by atoms with Crippen LogP contribution < -0.4 is 0 Å². The van der Waals surface area contributed by atoms with Gasteiger partial charge in [-0.15, -0.1) is 0 Å². The Morgan fingerprint density at radius 1 is 1.05 bits per heavy atom. The smallest absolute Gasteiger partial charge is 0.0564 e. The SMILES string of the molecule is OC1CCN(C(c2ccc(Cl)cc2)C2CCC2)CC1. The van der Waals surface area contributed by atoms with E-state index < -0.39 is 0 Å². The average Bonchev–Trinajstić information content (AvgIpc) is 2.36. The fraction of sp³-hybridized carbons (Fsp3) is 0.625. The third-order valence-corrected chi connectivity index (χ3v) is 4.95. The average molecular weight is 280 g/mol. The van der Waals surface area contributed by atoms with Gasteiger partial charge in [-0.2, -0.15) is 0 Å². The Labute approximate surface area is 120 Å². The lowest BCUT2D eigenvalue weighted by Gasteiger charge is -2.44. The Hall–Kier alpha value is -0.570. The molecule has 1 saturated carbocycles. The molecule has 1 aromatic carbocycles. The van der Waals surface area contributed by atoms with Crippen LogP contribution in [-0.2, 0) is 0 Å². The van der Waals surface area contributed by atoms with Crippen LogP contribution in [0.25, 0.3) is 0 Å². The van der Waals surface area contributed by atoms with Crippen LogP contribution >= 0.6 is 11.6 Å². The van der Waals surface area contributed by atoms with Crippen LogP contribution in [-0.4, -0.2) is 29.2 Å². The van der Waals surface area contributed by atoms with Crippen molar-refractivity contribution in [1.29, 1.82) is 0 Å². The van der Waals surface area contributed by atoms with Crippen LogP contribution in [0.2, 0.25) is 5.02 Å². The quantitative estimate of drug-likeness (QED) is 0.913. The highest BCUT2D eigenvalue weighted by Gasteiger charge is 2.34. The molecule has 2 nitrogen and oxygen atoms in total. The summed E-state index contributed by atoms with van der Waals surface area (Å²) in [5.41, 5.74) is 1.39. The summed E-state index contributed by atoms with van der Waals surface area (Å²) in [5, 5.41) is 10.5. The number of aliphatic hydroxyl groups is 1. The van der Waals surface area contributed by atoms with Crippen molar-refractivity contribution in [2.75, 3.05) is 13.1 Å². The Morgan fingerprint density at radius 3 is 2.21 bits per heavy atom. The fourth-order valence-electron chi connectivity index (χ4n) is 3.36. The number of hydrogen-bond acceptors (Lipinski definition) is 2. The molecule has 1 N–H and O–H groups in total. The second-order valence-electron chi connectivity index (χ2n) is 5.95. The maximum atomic E-state index is 9.68. The van der Waals surface area contributed by atoms with E-state index in [1.807, 2.05) is 12.1 Å².